The Morgan fingerprint density at radius 3 is 2.36 bits per heavy atom. The van der Waals surface area contributed by atoms with Crippen molar-refractivity contribution in [2.45, 2.75) is 43.5 Å². The Bertz CT molecular complexity index is 1220. The van der Waals surface area contributed by atoms with Crippen molar-refractivity contribution < 1.29 is 19.8 Å². The Kier molecular flexibility index (Phi) is 5.67. The van der Waals surface area contributed by atoms with E-state index in [1.54, 1.807) is 11.0 Å². The van der Waals surface area contributed by atoms with Gasteiger partial charge in [-0.3, -0.25) is 9.69 Å². The first-order valence-corrected chi connectivity index (χ1v) is 12.4. The summed E-state index contributed by atoms with van der Waals surface area (Å²) in [4.78, 5) is 28.4. The van der Waals surface area contributed by atoms with Gasteiger partial charge in [-0.25, -0.2) is 9.48 Å². The summed E-state index contributed by atoms with van der Waals surface area (Å²) < 4.78 is 1.79. The number of carboxylic acid groups (broad SMARTS) is 1. The molecule has 0 spiro atoms. The number of aliphatic hydroxyl groups excluding tert-OH is 1. The first kappa shape index (κ1) is 22.7. The molecular formula is C26H28N6O4. The number of aliphatic hydroxyl groups is 1. The summed E-state index contributed by atoms with van der Waals surface area (Å²) in [5, 5.41) is 32.2. The first-order valence-electron chi connectivity index (χ1n) is 12.4. The maximum Gasteiger partial charge on any atom is 0.407 e. The van der Waals surface area contributed by atoms with E-state index >= 15 is 0 Å². The van der Waals surface area contributed by atoms with Gasteiger partial charge in [-0.2, -0.15) is 0 Å². The van der Waals surface area contributed by atoms with Crippen LogP contribution < -0.4 is 0 Å². The van der Waals surface area contributed by atoms with Crippen LogP contribution in [0.5, 0.6) is 0 Å². The van der Waals surface area contributed by atoms with E-state index < -0.39 is 18.2 Å². The fourth-order valence-corrected chi connectivity index (χ4v) is 6.19. The normalized spacial score (nSPS) is 27.6. The minimum atomic E-state index is -1.02. The van der Waals surface area contributed by atoms with Crippen LogP contribution in [-0.4, -0.2) is 77.4 Å². The SMILES string of the molecule is O=C(c1ccc(C[C@@H]2CC[C@H]([C@H](O)c3ccccc3)N2C(=O)O)cc1)N1C[C@@H]2C(n3cnnn3)[C@@H]2C1. The lowest BCUT2D eigenvalue weighted by molar-refractivity contribution is 0.0540. The van der Waals surface area contributed by atoms with Gasteiger partial charge in [0, 0.05) is 36.5 Å². The molecule has 2 aromatic carbocycles. The van der Waals surface area contributed by atoms with Gasteiger partial charge >= 0.3 is 6.09 Å². The number of rotatable bonds is 6. The highest BCUT2D eigenvalue weighted by Gasteiger charge is 2.58. The summed E-state index contributed by atoms with van der Waals surface area (Å²) in [7, 11) is 0. The van der Waals surface area contributed by atoms with Gasteiger partial charge < -0.3 is 15.1 Å². The smallest absolute Gasteiger partial charge is 0.407 e. The molecule has 3 aromatic rings. The molecule has 1 saturated carbocycles. The number of likely N-dealkylation sites (tertiary alicyclic amines) is 2. The van der Waals surface area contributed by atoms with E-state index in [1.165, 1.54) is 4.90 Å². The average Bonchev–Trinajstić information content (AvgIpc) is 3.39. The van der Waals surface area contributed by atoms with Gasteiger partial charge in [-0.05, 0) is 52.9 Å². The molecule has 2 saturated heterocycles. The lowest BCUT2D eigenvalue weighted by Gasteiger charge is -2.31. The van der Waals surface area contributed by atoms with E-state index in [0.717, 1.165) is 11.1 Å². The zero-order valence-electron chi connectivity index (χ0n) is 19.7. The van der Waals surface area contributed by atoms with Crippen LogP contribution in [0.25, 0.3) is 0 Å². The van der Waals surface area contributed by atoms with E-state index in [1.807, 2.05) is 59.5 Å². The van der Waals surface area contributed by atoms with Crippen molar-refractivity contribution in [1.82, 2.24) is 30.0 Å². The molecule has 10 nitrogen and oxygen atoms in total. The zero-order valence-corrected chi connectivity index (χ0v) is 19.7. The van der Waals surface area contributed by atoms with Crippen LogP contribution in [0.15, 0.2) is 60.9 Å². The summed E-state index contributed by atoms with van der Waals surface area (Å²) in [5.41, 5.74) is 2.33. The third kappa shape index (κ3) is 4.01. The molecule has 2 aliphatic heterocycles. The van der Waals surface area contributed by atoms with Crippen molar-refractivity contribution >= 4 is 12.0 Å². The number of nitrogens with zero attached hydrogens (tertiary/aromatic N) is 6. The van der Waals surface area contributed by atoms with Crippen molar-refractivity contribution in [3.63, 3.8) is 0 Å². The second-order valence-electron chi connectivity index (χ2n) is 10.1. The monoisotopic (exact) mass is 488 g/mol. The predicted octanol–water partition coefficient (Wildman–Crippen LogP) is 2.40. The van der Waals surface area contributed by atoms with Crippen molar-refractivity contribution in [2.24, 2.45) is 11.8 Å². The summed E-state index contributed by atoms with van der Waals surface area (Å²) in [5.74, 6) is 0.823. The van der Waals surface area contributed by atoms with E-state index in [2.05, 4.69) is 15.5 Å². The summed E-state index contributed by atoms with van der Waals surface area (Å²) in [6, 6.07) is 16.3. The molecule has 2 N–H and O–H groups in total. The van der Waals surface area contributed by atoms with Crippen LogP contribution in [0.1, 0.15) is 46.5 Å². The fraction of sp³-hybridized carbons (Fsp3) is 0.423. The molecule has 0 radical (unpaired) electrons. The second kappa shape index (κ2) is 9.02. The highest BCUT2D eigenvalue weighted by Crippen LogP contribution is 2.54. The van der Waals surface area contributed by atoms with Crippen LogP contribution in [0.3, 0.4) is 0 Å². The fourth-order valence-electron chi connectivity index (χ4n) is 6.19. The molecule has 0 bridgehead atoms. The molecule has 1 unspecified atom stereocenters. The van der Waals surface area contributed by atoms with Gasteiger partial charge in [-0.1, -0.05) is 42.5 Å². The predicted molar refractivity (Wildman–Crippen MR) is 128 cm³/mol. The molecular weight excluding hydrogens is 460 g/mol. The molecule has 10 heteroatoms. The Morgan fingerprint density at radius 1 is 1.00 bits per heavy atom. The van der Waals surface area contributed by atoms with Gasteiger partial charge in [0.25, 0.3) is 5.91 Å². The summed E-state index contributed by atoms with van der Waals surface area (Å²) >= 11 is 0. The Labute approximate surface area is 208 Å². The molecule has 3 aliphatic rings. The van der Waals surface area contributed by atoms with Crippen LogP contribution in [-0.2, 0) is 6.42 Å². The maximum atomic E-state index is 13.0. The molecule has 2 amide bonds. The lowest BCUT2D eigenvalue weighted by atomic mass is 10.0. The molecule has 3 fully saturated rings. The maximum absolute atomic E-state index is 13.0. The Morgan fingerprint density at radius 2 is 1.72 bits per heavy atom. The third-order valence-corrected chi connectivity index (χ3v) is 8.05. The van der Waals surface area contributed by atoms with E-state index in [0.29, 0.717) is 55.8 Å². The van der Waals surface area contributed by atoms with Gasteiger partial charge in [0.1, 0.15) is 6.33 Å². The van der Waals surface area contributed by atoms with Crippen molar-refractivity contribution in [1.29, 1.82) is 0 Å². The quantitative estimate of drug-likeness (QED) is 0.546. The van der Waals surface area contributed by atoms with E-state index in [-0.39, 0.29) is 11.9 Å². The number of amides is 2. The molecule has 3 heterocycles. The van der Waals surface area contributed by atoms with Gasteiger partial charge in [0.05, 0.1) is 18.2 Å². The van der Waals surface area contributed by atoms with Crippen LogP contribution in [0.2, 0.25) is 0 Å². The number of hydrogen-bond donors (Lipinski definition) is 2. The second-order valence-corrected chi connectivity index (χ2v) is 10.1. The summed E-state index contributed by atoms with van der Waals surface area (Å²) in [6.45, 7) is 1.41. The average molecular weight is 489 g/mol. The molecule has 6 rings (SSSR count). The largest absolute Gasteiger partial charge is 0.465 e. The number of fused-ring (bicyclic) bond motifs is 1. The number of carbonyl (C=O) groups is 2. The van der Waals surface area contributed by atoms with Crippen LogP contribution >= 0.6 is 0 Å². The minimum absolute atomic E-state index is 0.0169. The molecule has 6 atom stereocenters. The minimum Gasteiger partial charge on any atom is -0.465 e. The van der Waals surface area contributed by atoms with Gasteiger partial charge in [0.15, 0.2) is 0 Å². The number of benzene rings is 2. The molecule has 186 valence electrons. The topological polar surface area (TPSA) is 125 Å². The first-order chi connectivity index (χ1) is 17.5. The van der Waals surface area contributed by atoms with Crippen molar-refractivity contribution in [3.05, 3.63) is 77.6 Å². The van der Waals surface area contributed by atoms with Crippen LogP contribution in [0.4, 0.5) is 4.79 Å². The van der Waals surface area contributed by atoms with Crippen LogP contribution in [0, 0.1) is 11.8 Å². The van der Waals surface area contributed by atoms with Gasteiger partial charge in [0.2, 0.25) is 0 Å². The van der Waals surface area contributed by atoms with Crippen molar-refractivity contribution in [3.8, 4) is 0 Å². The van der Waals surface area contributed by atoms with Gasteiger partial charge in [-0.15, -0.1) is 5.10 Å². The van der Waals surface area contributed by atoms with E-state index in [9.17, 15) is 19.8 Å². The Hall–Kier alpha value is -3.79. The highest BCUT2D eigenvalue weighted by atomic mass is 16.4. The number of hydrogen-bond acceptors (Lipinski definition) is 6. The Balaban J connectivity index is 1.08. The number of aromatic nitrogens is 4. The zero-order chi connectivity index (χ0) is 24.8. The van der Waals surface area contributed by atoms with Crippen molar-refractivity contribution in [2.75, 3.05) is 13.1 Å². The van der Waals surface area contributed by atoms with E-state index in [4.69, 9.17) is 0 Å². The standard InChI is InChI=1S/C26H28N6O4/c33-24(17-4-2-1-3-5-17)22-11-10-19(32(22)26(35)36)12-16-6-8-18(9-7-16)25(34)30-13-20-21(14-30)23(20)31-15-27-28-29-31/h1-9,15,19-24,33H,10-14H2,(H,35,36)/t19-,20-,21+,22+,23?,24+/m0/s1. The molecule has 1 aliphatic carbocycles. The third-order valence-electron chi connectivity index (χ3n) is 8.05. The number of tetrazole rings is 1. The lowest BCUT2D eigenvalue weighted by Crippen LogP contribution is -2.44. The number of carbonyl (C=O) groups excluding carboxylic acids is 1. The number of piperidine rings is 1. The molecule has 1 aromatic heterocycles. The molecule has 36 heavy (non-hydrogen) atoms. The summed E-state index contributed by atoms with van der Waals surface area (Å²) in [6.07, 6.45) is 1.58. The highest BCUT2D eigenvalue weighted by molar-refractivity contribution is 5.94.